The number of aromatic nitrogens is 3. The Morgan fingerprint density at radius 3 is 3.00 bits per heavy atom. The van der Waals surface area contributed by atoms with Crippen molar-refractivity contribution in [2.24, 2.45) is 0 Å². The predicted octanol–water partition coefficient (Wildman–Crippen LogP) is 1.78. The number of rotatable bonds is 1. The minimum Gasteiger partial charge on any atom is -0.285 e. The zero-order valence-corrected chi connectivity index (χ0v) is 7.41. The molecule has 0 saturated heterocycles. The summed E-state index contributed by atoms with van der Waals surface area (Å²) in [6.45, 7) is 2.03. The highest BCUT2D eigenvalue weighted by molar-refractivity contribution is 6.16. The second-order valence-corrected chi connectivity index (χ2v) is 2.95. The molecule has 62 valence electrons. The number of nitrogens with zero attached hydrogens (tertiary/aromatic N) is 3. The Balaban J connectivity index is 2.75. The third-order valence-corrected chi connectivity index (χ3v) is 1.98. The first-order chi connectivity index (χ1) is 5.81. The van der Waals surface area contributed by atoms with Gasteiger partial charge in [-0.25, -0.2) is 0 Å². The summed E-state index contributed by atoms with van der Waals surface area (Å²) in [4.78, 5) is 0. The molecule has 2 aromatic rings. The minimum atomic E-state index is 0.393. The monoisotopic (exact) mass is 181 g/mol. The molecule has 0 atom stereocenters. The number of pyridine rings is 1. The van der Waals surface area contributed by atoms with Crippen molar-refractivity contribution >= 4 is 17.2 Å². The van der Waals surface area contributed by atoms with E-state index in [1.54, 1.807) is 0 Å². The zero-order chi connectivity index (χ0) is 8.55. The smallest absolute Gasteiger partial charge is 0.160 e. The van der Waals surface area contributed by atoms with Crippen LogP contribution >= 0.6 is 11.6 Å². The quantitative estimate of drug-likeness (QED) is 0.628. The van der Waals surface area contributed by atoms with E-state index in [-0.39, 0.29) is 0 Å². The maximum Gasteiger partial charge on any atom is 0.160 e. The van der Waals surface area contributed by atoms with Crippen molar-refractivity contribution in [3.8, 4) is 0 Å². The van der Waals surface area contributed by atoms with Crippen molar-refractivity contribution in [3.63, 3.8) is 0 Å². The second kappa shape index (κ2) is 2.75. The molecule has 0 saturated carbocycles. The largest absolute Gasteiger partial charge is 0.285 e. The van der Waals surface area contributed by atoms with E-state index in [0.29, 0.717) is 5.88 Å². The van der Waals surface area contributed by atoms with Crippen LogP contribution in [0.1, 0.15) is 11.4 Å². The lowest BCUT2D eigenvalue weighted by Crippen LogP contribution is -1.91. The molecule has 2 rings (SSSR count). The topological polar surface area (TPSA) is 30.2 Å². The highest BCUT2D eigenvalue weighted by Crippen LogP contribution is 2.07. The van der Waals surface area contributed by atoms with Crippen molar-refractivity contribution in [2.45, 2.75) is 12.8 Å². The SMILES string of the molecule is Cc1ccc2nnc(CCl)n2c1. The summed E-state index contributed by atoms with van der Waals surface area (Å²) in [5, 5.41) is 7.90. The first-order valence-electron chi connectivity index (χ1n) is 3.67. The van der Waals surface area contributed by atoms with Gasteiger partial charge in [0.15, 0.2) is 11.5 Å². The molecule has 0 aliphatic heterocycles. The van der Waals surface area contributed by atoms with E-state index in [2.05, 4.69) is 10.2 Å². The number of hydrogen-bond acceptors (Lipinski definition) is 2. The van der Waals surface area contributed by atoms with Gasteiger partial charge in [-0.2, -0.15) is 0 Å². The fraction of sp³-hybridized carbons (Fsp3) is 0.250. The number of halogens is 1. The van der Waals surface area contributed by atoms with Crippen molar-refractivity contribution < 1.29 is 0 Å². The first-order valence-corrected chi connectivity index (χ1v) is 4.21. The van der Waals surface area contributed by atoms with Gasteiger partial charge in [-0.1, -0.05) is 6.07 Å². The standard InChI is InChI=1S/C8H8ClN3/c1-6-2-3-7-10-11-8(4-9)12(7)5-6/h2-3,5H,4H2,1H3. The molecule has 0 N–H and O–H groups in total. The normalized spacial score (nSPS) is 10.8. The number of alkyl halides is 1. The van der Waals surface area contributed by atoms with Crippen molar-refractivity contribution in [2.75, 3.05) is 0 Å². The van der Waals surface area contributed by atoms with Crippen LogP contribution in [0.4, 0.5) is 0 Å². The van der Waals surface area contributed by atoms with Crippen LogP contribution < -0.4 is 0 Å². The number of fused-ring (bicyclic) bond motifs is 1. The number of aryl methyl sites for hydroxylation is 1. The van der Waals surface area contributed by atoms with Gasteiger partial charge in [0.2, 0.25) is 0 Å². The van der Waals surface area contributed by atoms with E-state index in [9.17, 15) is 0 Å². The van der Waals surface area contributed by atoms with E-state index in [1.165, 1.54) is 5.56 Å². The molecule has 0 unspecified atom stereocenters. The van der Waals surface area contributed by atoms with Gasteiger partial charge >= 0.3 is 0 Å². The van der Waals surface area contributed by atoms with E-state index in [4.69, 9.17) is 11.6 Å². The maximum atomic E-state index is 5.68. The van der Waals surface area contributed by atoms with Crippen LogP contribution in [-0.2, 0) is 5.88 Å². The van der Waals surface area contributed by atoms with Gasteiger partial charge in [-0.05, 0) is 18.6 Å². The molecule has 0 aliphatic rings. The summed E-state index contributed by atoms with van der Waals surface area (Å²) in [5.74, 6) is 1.18. The summed E-state index contributed by atoms with van der Waals surface area (Å²) < 4.78 is 1.91. The maximum absolute atomic E-state index is 5.68. The van der Waals surface area contributed by atoms with Gasteiger partial charge in [0, 0.05) is 6.20 Å². The van der Waals surface area contributed by atoms with Crippen molar-refractivity contribution in [1.82, 2.24) is 14.6 Å². The van der Waals surface area contributed by atoms with Gasteiger partial charge in [0.25, 0.3) is 0 Å². The fourth-order valence-electron chi connectivity index (χ4n) is 1.14. The average molecular weight is 182 g/mol. The molecule has 0 fully saturated rings. The Morgan fingerprint density at radius 2 is 2.25 bits per heavy atom. The summed E-state index contributed by atoms with van der Waals surface area (Å²) in [5.41, 5.74) is 2.02. The lowest BCUT2D eigenvalue weighted by molar-refractivity contribution is 0.982. The Kier molecular flexibility index (Phi) is 1.73. The van der Waals surface area contributed by atoms with Crippen LogP contribution in [0.25, 0.3) is 5.65 Å². The van der Waals surface area contributed by atoms with Gasteiger partial charge in [0.05, 0.1) is 5.88 Å². The van der Waals surface area contributed by atoms with Crippen LogP contribution in [0.5, 0.6) is 0 Å². The number of hydrogen-bond donors (Lipinski definition) is 0. The summed E-state index contributed by atoms with van der Waals surface area (Å²) in [6, 6.07) is 3.93. The van der Waals surface area contributed by atoms with Crippen LogP contribution in [0.2, 0.25) is 0 Å². The molecule has 2 aromatic heterocycles. The Bertz CT molecular complexity index is 408. The van der Waals surface area contributed by atoms with E-state index < -0.39 is 0 Å². The van der Waals surface area contributed by atoms with Crippen molar-refractivity contribution in [3.05, 3.63) is 29.7 Å². The highest BCUT2D eigenvalue weighted by Gasteiger charge is 2.02. The predicted molar refractivity (Wildman–Crippen MR) is 47.3 cm³/mol. The van der Waals surface area contributed by atoms with Gasteiger partial charge < -0.3 is 0 Å². The molecule has 2 heterocycles. The summed E-state index contributed by atoms with van der Waals surface area (Å²) >= 11 is 5.68. The lowest BCUT2D eigenvalue weighted by atomic mass is 10.3. The zero-order valence-electron chi connectivity index (χ0n) is 6.66. The molecular weight excluding hydrogens is 174 g/mol. The average Bonchev–Trinajstić information content (AvgIpc) is 2.46. The van der Waals surface area contributed by atoms with E-state index in [0.717, 1.165) is 11.5 Å². The van der Waals surface area contributed by atoms with Gasteiger partial charge in [-0.3, -0.25) is 4.40 Å². The van der Waals surface area contributed by atoms with Crippen LogP contribution in [0.15, 0.2) is 18.3 Å². The Labute approximate surface area is 75.0 Å². The molecule has 0 aromatic carbocycles. The molecule has 0 bridgehead atoms. The fourth-order valence-corrected chi connectivity index (χ4v) is 1.32. The van der Waals surface area contributed by atoms with Crippen molar-refractivity contribution in [1.29, 1.82) is 0 Å². The third-order valence-electron chi connectivity index (χ3n) is 1.74. The molecule has 0 aliphatic carbocycles. The third kappa shape index (κ3) is 1.06. The van der Waals surface area contributed by atoms with Crippen LogP contribution in [-0.4, -0.2) is 14.6 Å². The van der Waals surface area contributed by atoms with Crippen LogP contribution in [0, 0.1) is 6.92 Å². The summed E-state index contributed by atoms with van der Waals surface area (Å²) in [7, 11) is 0. The summed E-state index contributed by atoms with van der Waals surface area (Å²) in [6.07, 6.45) is 1.98. The van der Waals surface area contributed by atoms with Gasteiger partial charge in [0.1, 0.15) is 0 Å². The van der Waals surface area contributed by atoms with E-state index >= 15 is 0 Å². The van der Waals surface area contributed by atoms with Gasteiger partial charge in [-0.15, -0.1) is 21.8 Å². The van der Waals surface area contributed by atoms with E-state index in [1.807, 2.05) is 29.7 Å². The molecule has 0 amide bonds. The molecule has 0 radical (unpaired) electrons. The first kappa shape index (κ1) is 7.55. The lowest BCUT2D eigenvalue weighted by Gasteiger charge is -1.96. The molecular formula is C8H8ClN3. The molecule has 0 spiro atoms. The molecule has 3 nitrogen and oxygen atoms in total. The molecule has 12 heavy (non-hydrogen) atoms. The van der Waals surface area contributed by atoms with Crippen LogP contribution in [0.3, 0.4) is 0 Å². The Morgan fingerprint density at radius 1 is 1.42 bits per heavy atom. The minimum absolute atomic E-state index is 0.393. The molecule has 4 heteroatoms. The highest BCUT2D eigenvalue weighted by atomic mass is 35.5. The Hall–Kier alpha value is -1.09. The second-order valence-electron chi connectivity index (χ2n) is 2.68.